The third-order valence-electron chi connectivity index (χ3n) is 5.56. The van der Waals surface area contributed by atoms with E-state index in [0.29, 0.717) is 30.5 Å². The van der Waals surface area contributed by atoms with Gasteiger partial charge in [0.05, 0.1) is 5.69 Å². The zero-order valence-electron chi connectivity index (χ0n) is 18.3. The number of carboxylic acids is 1. The van der Waals surface area contributed by atoms with Gasteiger partial charge in [0.25, 0.3) is 0 Å². The maximum atomic E-state index is 13.5. The van der Waals surface area contributed by atoms with Crippen molar-refractivity contribution < 1.29 is 27.4 Å². The SMILES string of the molecule is CCCCC1CN(c2ccccc2)c2cc(C)c(O/C=C(\F)C(=O)O)cc2S(=O)(=O)N1C. The highest BCUT2D eigenvalue weighted by atomic mass is 32.2. The first-order valence-electron chi connectivity index (χ1n) is 10.4. The molecule has 0 spiro atoms. The first-order chi connectivity index (χ1) is 15.2. The highest BCUT2D eigenvalue weighted by molar-refractivity contribution is 7.89. The zero-order chi connectivity index (χ0) is 23.5. The van der Waals surface area contributed by atoms with E-state index >= 15 is 0 Å². The third-order valence-corrected chi connectivity index (χ3v) is 7.50. The molecule has 7 nitrogen and oxygen atoms in total. The quantitative estimate of drug-likeness (QED) is 0.478. The Morgan fingerprint density at radius 3 is 2.59 bits per heavy atom. The Kier molecular flexibility index (Phi) is 7.20. The average Bonchev–Trinajstić information content (AvgIpc) is 2.84. The Morgan fingerprint density at radius 1 is 1.28 bits per heavy atom. The van der Waals surface area contributed by atoms with E-state index in [1.807, 2.05) is 35.2 Å². The summed E-state index contributed by atoms with van der Waals surface area (Å²) in [5, 5.41) is 8.70. The van der Waals surface area contributed by atoms with Gasteiger partial charge in [0.2, 0.25) is 15.9 Å². The normalized spacial score (nSPS) is 18.7. The van der Waals surface area contributed by atoms with Crippen LogP contribution in [0.2, 0.25) is 0 Å². The lowest BCUT2D eigenvalue weighted by molar-refractivity contribution is -0.134. The maximum Gasteiger partial charge on any atom is 0.368 e. The van der Waals surface area contributed by atoms with E-state index in [1.54, 1.807) is 20.0 Å². The molecule has 0 aliphatic carbocycles. The first-order valence-corrected chi connectivity index (χ1v) is 11.8. The molecule has 9 heteroatoms. The van der Waals surface area contributed by atoms with Crippen LogP contribution in [0.1, 0.15) is 31.7 Å². The van der Waals surface area contributed by atoms with Gasteiger partial charge < -0.3 is 14.7 Å². The summed E-state index contributed by atoms with van der Waals surface area (Å²) in [6, 6.07) is 12.3. The second-order valence-corrected chi connectivity index (χ2v) is 9.70. The molecule has 1 N–H and O–H groups in total. The van der Waals surface area contributed by atoms with Gasteiger partial charge in [-0.2, -0.15) is 8.70 Å². The number of unbranched alkanes of at least 4 members (excludes halogenated alkanes) is 1. The molecule has 0 amide bonds. The van der Waals surface area contributed by atoms with Gasteiger partial charge in [0.1, 0.15) is 16.9 Å². The molecule has 1 unspecified atom stereocenters. The van der Waals surface area contributed by atoms with Gasteiger partial charge in [-0.05, 0) is 37.1 Å². The highest BCUT2D eigenvalue weighted by Gasteiger charge is 2.37. The molecular formula is C23H27FN2O5S. The lowest BCUT2D eigenvalue weighted by atomic mass is 10.1. The van der Waals surface area contributed by atoms with Crippen molar-refractivity contribution in [2.24, 2.45) is 0 Å². The van der Waals surface area contributed by atoms with Gasteiger partial charge in [-0.25, -0.2) is 13.2 Å². The van der Waals surface area contributed by atoms with Crippen molar-refractivity contribution in [3.8, 4) is 5.75 Å². The van der Waals surface area contributed by atoms with Crippen LogP contribution in [0.15, 0.2) is 59.4 Å². The fourth-order valence-electron chi connectivity index (χ4n) is 3.71. The molecule has 2 aromatic rings. The lowest BCUT2D eigenvalue weighted by Crippen LogP contribution is -2.40. The van der Waals surface area contributed by atoms with Crippen LogP contribution in [0.25, 0.3) is 0 Å². The van der Waals surface area contributed by atoms with Crippen LogP contribution in [0.4, 0.5) is 15.8 Å². The lowest BCUT2D eigenvalue weighted by Gasteiger charge is -2.29. The van der Waals surface area contributed by atoms with Gasteiger partial charge in [-0.15, -0.1) is 0 Å². The maximum absolute atomic E-state index is 13.5. The number of fused-ring (bicyclic) bond motifs is 1. The van der Waals surface area contributed by atoms with Crippen molar-refractivity contribution in [2.75, 3.05) is 18.5 Å². The predicted octanol–water partition coefficient (Wildman–Crippen LogP) is 4.60. The summed E-state index contributed by atoms with van der Waals surface area (Å²) in [5.41, 5.74) is 1.89. The van der Waals surface area contributed by atoms with E-state index in [4.69, 9.17) is 9.84 Å². The number of aliphatic carboxylic acids is 1. The van der Waals surface area contributed by atoms with E-state index in [1.165, 1.54) is 10.4 Å². The summed E-state index contributed by atoms with van der Waals surface area (Å²) in [6.07, 6.45) is 3.00. The molecule has 0 saturated heterocycles. The van der Waals surface area contributed by atoms with E-state index in [0.717, 1.165) is 18.5 Å². The molecule has 0 bridgehead atoms. The zero-order valence-corrected chi connectivity index (χ0v) is 19.1. The molecule has 0 aromatic heterocycles. The number of sulfonamides is 1. The molecule has 0 fully saturated rings. The minimum atomic E-state index is -3.89. The summed E-state index contributed by atoms with van der Waals surface area (Å²) in [6.45, 7) is 4.23. The minimum Gasteiger partial charge on any atom is -0.476 e. The van der Waals surface area contributed by atoms with Crippen molar-refractivity contribution in [3.63, 3.8) is 0 Å². The second-order valence-electron chi connectivity index (χ2n) is 7.74. The number of ether oxygens (including phenoxy) is 1. The van der Waals surface area contributed by atoms with Crippen LogP contribution in [0.3, 0.4) is 0 Å². The molecular weight excluding hydrogens is 435 g/mol. The number of hydrogen-bond acceptors (Lipinski definition) is 5. The van der Waals surface area contributed by atoms with E-state index in [9.17, 15) is 17.6 Å². The smallest absolute Gasteiger partial charge is 0.368 e. The molecule has 1 aliphatic heterocycles. The molecule has 1 atom stereocenters. The predicted molar refractivity (Wildman–Crippen MR) is 120 cm³/mol. The van der Waals surface area contributed by atoms with Crippen molar-refractivity contribution in [1.29, 1.82) is 0 Å². The van der Waals surface area contributed by atoms with Crippen LogP contribution in [-0.4, -0.2) is 43.4 Å². The topological polar surface area (TPSA) is 87.1 Å². The van der Waals surface area contributed by atoms with Crippen LogP contribution < -0.4 is 9.64 Å². The van der Waals surface area contributed by atoms with E-state index in [2.05, 4.69) is 6.92 Å². The molecule has 1 heterocycles. The van der Waals surface area contributed by atoms with Crippen LogP contribution >= 0.6 is 0 Å². The van der Waals surface area contributed by atoms with Gasteiger partial charge in [0.15, 0.2) is 0 Å². The van der Waals surface area contributed by atoms with Gasteiger partial charge >= 0.3 is 5.97 Å². The van der Waals surface area contributed by atoms with Crippen LogP contribution in [0.5, 0.6) is 5.75 Å². The number of likely N-dealkylation sites (N-methyl/N-ethyl adjacent to an activating group) is 1. The van der Waals surface area contributed by atoms with Crippen molar-refractivity contribution >= 4 is 27.4 Å². The first kappa shape index (κ1) is 23.7. The number of aryl methyl sites for hydroxylation is 1. The summed E-state index contributed by atoms with van der Waals surface area (Å²) in [5.74, 6) is -3.18. The summed E-state index contributed by atoms with van der Waals surface area (Å²) in [4.78, 5) is 12.7. The molecule has 172 valence electrons. The Balaban J connectivity index is 2.17. The minimum absolute atomic E-state index is 0.0209. The third kappa shape index (κ3) is 4.78. The summed E-state index contributed by atoms with van der Waals surface area (Å²) >= 11 is 0. The Labute approximate surface area is 187 Å². The number of halogens is 1. The van der Waals surface area contributed by atoms with Crippen molar-refractivity contribution in [1.82, 2.24) is 4.31 Å². The Morgan fingerprint density at radius 2 is 1.97 bits per heavy atom. The number of nitrogens with zero attached hydrogens (tertiary/aromatic N) is 2. The van der Waals surface area contributed by atoms with Gasteiger partial charge in [0, 0.05) is 31.4 Å². The van der Waals surface area contributed by atoms with E-state index in [-0.39, 0.29) is 16.7 Å². The van der Waals surface area contributed by atoms with Crippen molar-refractivity contribution in [2.45, 2.75) is 44.0 Å². The number of rotatable bonds is 7. The summed E-state index contributed by atoms with van der Waals surface area (Å²) < 4.78 is 47.1. The number of carboxylic acid groups (broad SMARTS) is 1. The Bertz CT molecular complexity index is 1120. The molecule has 2 aromatic carbocycles. The molecule has 0 radical (unpaired) electrons. The number of carbonyl (C=O) groups is 1. The fourth-order valence-corrected chi connectivity index (χ4v) is 5.27. The number of hydrogen-bond donors (Lipinski definition) is 1. The standard InChI is InChI=1S/C23H27FN2O5S/c1-4-5-9-18-14-26(17-10-7-6-8-11-17)20-12-16(2)21(31-15-19(24)23(27)28)13-22(20)32(29,30)25(18)3/h6-8,10-13,15,18H,4-5,9,14H2,1-3H3,(H,27,28)/b19-15-. The highest BCUT2D eigenvalue weighted by Crippen LogP contribution is 2.41. The van der Waals surface area contributed by atoms with Crippen LogP contribution in [-0.2, 0) is 14.8 Å². The van der Waals surface area contributed by atoms with Gasteiger partial charge in [-0.1, -0.05) is 38.0 Å². The van der Waals surface area contributed by atoms with Gasteiger partial charge in [-0.3, -0.25) is 0 Å². The molecule has 0 saturated carbocycles. The van der Waals surface area contributed by atoms with Crippen LogP contribution in [0, 0.1) is 6.92 Å². The number of benzene rings is 2. The number of para-hydroxylation sites is 1. The monoisotopic (exact) mass is 462 g/mol. The molecule has 32 heavy (non-hydrogen) atoms. The number of anilines is 2. The summed E-state index contributed by atoms with van der Waals surface area (Å²) in [7, 11) is -2.32. The molecule has 1 aliphatic rings. The van der Waals surface area contributed by atoms with E-state index < -0.39 is 21.8 Å². The van der Waals surface area contributed by atoms with Crippen molar-refractivity contribution in [3.05, 3.63) is 60.1 Å². The average molecular weight is 463 g/mol. The second kappa shape index (κ2) is 9.70. The Hall–Kier alpha value is -2.91. The fraction of sp³-hybridized carbons (Fsp3) is 0.348. The largest absolute Gasteiger partial charge is 0.476 e. The molecule has 3 rings (SSSR count).